The molecule has 0 aromatic rings. The fourth-order valence-corrected chi connectivity index (χ4v) is 2.82. The van der Waals surface area contributed by atoms with Crippen molar-refractivity contribution in [2.75, 3.05) is 18.1 Å². The lowest BCUT2D eigenvalue weighted by Gasteiger charge is -2.12. The van der Waals surface area contributed by atoms with Gasteiger partial charge in [0.2, 0.25) is 0 Å². The quantitative estimate of drug-likeness (QED) is 0.486. The largest absolute Gasteiger partial charge is 0.448 e. The first-order valence-corrected chi connectivity index (χ1v) is 7.73. The van der Waals surface area contributed by atoms with Crippen LogP contribution < -0.4 is 5.32 Å². The maximum atomic E-state index is 11.6. The van der Waals surface area contributed by atoms with Gasteiger partial charge in [-0.3, -0.25) is 0 Å². The van der Waals surface area contributed by atoms with Gasteiger partial charge in [-0.25, -0.2) is 13.2 Å². The van der Waals surface area contributed by atoms with Crippen LogP contribution in [0.4, 0.5) is 4.79 Å². The lowest BCUT2D eigenvalue weighted by Crippen LogP contribution is -2.41. The van der Waals surface area contributed by atoms with E-state index in [4.69, 9.17) is 5.26 Å². The third-order valence-electron chi connectivity index (χ3n) is 2.16. The van der Waals surface area contributed by atoms with E-state index in [-0.39, 0.29) is 18.8 Å². The molecular weight excluding hydrogens is 272 g/mol. The number of sulfone groups is 1. The third kappa shape index (κ3) is 9.02. The first-order valence-electron chi connectivity index (χ1n) is 5.91. The van der Waals surface area contributed by atoms with Gasteiger partial charge < -0.3 is 14.8 Å². The van der Waals surface area contributed by atoms with Crippen LogP contribution >= 0.6 is 0 Å². The van der Waals surface area contributed by atoms with E-state index in [0.29, 0.717) is 12.7 Å². The van der Waals surface area contributed by atoms with Gasteiger partial charge in [0.25, 0.3) is 0 Å². The lowest BCUT2D eigenvalue weighted by molar-refractivity contribution is -0.109. The fraction of sp³-hybridized carbons (Fsp3) is 0.727. The van der Waals surface area contributed by atoms with Gasteiger partial charge in [0, 0.05) is 0 Å². The second-order valence-corrected chi connectivity index (χ2v) is 6.13. The van der Waals surface area contributed by atoms with Crippen molar-refractivity contribution in [2.45, 2.75) is 32.2 Å². The van der Waals surface area contributed by atoms with E-state index >= 15 is 0 Å². The molecule has 8 heteroatoms. The van der Waals surface area contributed by atoms with E-state index in [1.165, 1.54) is 0 Å². The Hall–Kier alpha value is -1.62. The number of nitrogens with one attached hydrogen (secondary N) is 1. The van der Waals surface area contributed by atoms with Crippen LogP contribution in [-0.4, -0.2) is 45.0 Å². The minimum absolute atomic E-state index is 0.0149. The lowest BCUT2D eigenvalue weighted by atomic mass is 10.4. The first-order chi connectivity index (χ1) is 8.95. The van der Waals surface area contributed by atoms with Crippen molar-refractivity contribution in [2.24, 2.45) is 0 Å². The summed E-state index contributed by atoms with van der Waals surface area (Å²) in [5, 5.41) is 10.4. The average Bonchev–Trinajstić information content (AvgIpc) is 2.35. The van der Waals surface area contributed by atoms with Crippen molar-refractivity contribution in [1.82, 2.24) is 5.32 Å². The predicted octanol–water partition coefficient (Wildman–Crippen LogP) is 0.409. The number of alkyl carbamates (subject to hydrolysis) is 1. The van der Waals surface area contributed by atoms with Gasteiger partial charge in [-0.05, 0) is 6.42 Å². The van der Waals surface area contributed by atoms with E-state index in [9.17, 15) is 18.0 Å². The molecule has 0 bridgehead atoms. The van der Waals surface area contributed by atoms with Crippen molar-refractivity contribution in [3.63, 3.8) is 0 Å². The average molecular weight is 290 g/mol. The monoisotopic (exact) mass is 290 g/mol. The Morgan fingerprint density at radius 1 is 1.53 bits per heavy atom. The predicted molar refractivity (Wildman–Crippen MR) is 68.1 cm³/mol. The van der Waals surface area contributed by atoms with Crippen molar-refractivity contribution < 1.29 is 22.7 Å². The van der Waals surface area contributed by atoms with Gasteiger partial charge in [0.05, 0.1) is 24.0 Å². The number of hydrogen-bond donors (Lipinski definition) is 1. The Kier molecular flexibility index (Phi) is 8.53. The van der Waals surface area contributed by atoms with Crippen LogP contribution in [0.1, 0.15) is 26.2 Å². The summed E-state index contributed by atoms with van der Waals surface area (Å²) in [7, 11) is -3.38. The molecule has 0 heterocycles. The summed E-state index contributed by atoms with van der Waals surface area (Å²) in [5.74, 6) is -0.456. The van der Waals surface area contributed by atoms with Gasteiger partial charge in [0.15, 0.2) is 9.84 Å². The topological polar surface area (TPSA) is 113 Å². The molecule has 0 aliphatic heterocycles. The summed E-state index contributed by atoms with van der Waals surface area (Å²) in [6.45, 7) is 1.76. The number of rotatable bonds is 9. The number of carbonyl (C=O) groups is 2. The molecule has 0 aromatic carbocycles. The number of carbonyl (C=O) groups excluding carboxylic acids is 2. The van der Waals surface area contributed by atoms with E-state index in [1.807, 2.05) is 6.92 Å². The smallest absolute Gasteiger partial charge is 0.407 e. The third-order valence-corrected chi connectivity index (χ3v) is 3.93. The maximum Gasteiger partial charge on any atom is 0.407 e. The van der Waals surface area contributed by atoms with Crippen molar-refractivity contribution in [3.05, 3.63) is 0 Å². The summed E-state index contributed by atoms with van der Waals surface area (Å²) in [6, 6.07) is 0.653. The second kappa shape index (κ2) is 9.33. The molecule has 1 atom stereocenters. The summed E-state index contributed by atoms with van der Waals surface area (Å²) < 4.78 is 27.8. The molecule has 0 aliphatic rings. The molecule has 19 heavy (non-hydrogen) atoms. The molecule has 0 aliphatic carbocycles. The van der Waals surface area contributed by atoms with Gasteiger partial charge in [-0.15, -0.1) is 0 Å². The van der Waals surface area contributed by atoms with Crippen LogP contribution in [-0.2, 0) is 19.4 Å². The van der Waals surface area contributed by atoms with Crippen LogP contribution in [0.3, 0.4) is 0 Å². The van der Waals surface area contributed by atoms with Gasteiger partial charge in [-0.1, -0.05) is 13.3 Å². The molecular formula is C11H18N2O5S. The van der Waals surface area contributed by atoms with E-state index < -0.39 is 27.7 Å². The number of hydrogen-bond acceptors (Lipinski definition) is 6. The zero-order valence-corrected chi connectivity index (χ0v) is 11.6. The highest BCUT2D eigenvalue weighted by molar-refractivity contribution is 7.91. The summed E-state index contributed by atoms with van der Waals surface area (Å²) >= 11 is 0. The van der Waals surface area contributed by atoms with Crippen LogP contribution in [0, 0.1) is 11.3 Å². The molecule has 0 radical (unpaired) electrons. The van der Waals surface area contributed by atoms with Crippen LogP contribution in [0.25, 0.3) is 0 Å². The minimum atomic E-state index is -3.38. The highest BCUT2D eigenvalue weighted by atomic mass is 32.2. The molecule has 1 amide bonds. The van der Waals surface area contributed by atoms with Gasteiger partial charge in [-0.2, -0.15) is 5.26 Å². The number of nitrogens with zero attached hydrogens (tertiary/aromatic N) is 1. The molecule has 1 N–H and O–H groups in total. The Bertz CT molecular complexity index is 427. The maximum absolute atomic E-state index is 11.6. The zero-order chi connectivity index (χ0) is 14.7. The number of aldehydes is 1. The Balaban J connectivity index is 4.24. The molecule has 0 fully saturated rings. The standard InChI is InChI=1S/C11H18N2O5S/c1-2-3-7-19(16,17)9-10(8-14)13-11(15)18-6-4-5-12/h8,10H,2-4,6-7,9H2,1H3,(H,13,15)/t10-/m0/s1. The summed E-state index contributed by atoms with van der Waals surface area (Å²) in [6.07, 6.45) is 0.732. The molecule has 7 nitrogen and oxygen atoms in total. The zero-order valence-electron chi connectivity index (χ0n) is 10.8. The first kappa shape index (κ1) is 17.4. The molecule has 0 aromatic heterocycles. The van der Waals surface area contributed by atoms with Crippen LogP contribution in [0.5, 0.6) is 0 Å². The van der Waals surface area contributed by atoms with Gasteiger partial charge >= 0.3 is 6.09 Å². The van der Waals surface area contributed by atoms with Crippen molar-refractivity contribution >= 4 is 22.2 Å². The van der Waals surface area contributed by atoms with E-state index in [1.54, 1.807) is 6.07 Å². The van der Waals surface area contributed by atoms with Gasteiger partial charge in [0.1, 0.15) is 18.9 Å². The van der Waals surface area contributed by atoms with Crippen molar-refractivity contribution in [3.8, 4) is 6.07 Å². The number of ether oxygens (including phenoxy) is 1. The SMILES string of the molecule is CCCCS(=O)(=O)C[C@H](C=O)NC(=O)OCCC#N. The minimum Gasteiger partial charge on any atom is -0.448 e. The highest BCUT2D eigenvalue weighted by Crippen LogP contribution is 1.99. The van der Waals surface area contributed by atoms with Crippen molar-refractivity contribution in [1.29, 1.82) is 5.26 Å². The molecule has 0 spiro atoms. The Morgan fingerprint density at radius 3 is 2.74 bits per heavy atom. The normalized spacial score (nSPS) is 12.2. The molecule has 0 saturated carbocycles. The highest BCUT2D eigenvalue weighted by Gasteiger charge is 2.20. The molecule has 108 valence electrons. The fourth-order valence-electron chi connectivity index (χ4n) is 1.22. The van der Waals surface area contributed by atoms with Crippen LogP contribution in [0.2, 0.25) is 0 Å². The van der Waals surface area contributed by atoms with E-state index in [0.717, 1.165) is 6.42 Å². The summed E-state index contributed by atoms with van der Waals surface area (Å²) in [4.78, 5) is 21.9. The number of unbranched alkanes of at least 4 members (excludes halogenated alkanes) is 1. The molecule has 0 saturated heterocycles. The molecule has 0 rings (SSSR count). The molecule has 0 unspecified atom stereocenters. The number of nitriles is 1. The van der Waals surface area contributed by atoms with Crippen LogP contribution in [0.15, 0.2) is 0 Å². The second-order valence-electron chi connectivity index (χ2n) is 3.90. The van der Waals surface area contributed by atoms with E-state index in [2.05, 4.69) is 10.1 Å². The Morgan fingerprint density at radius 2 is 2.21 bits per heavy atom. The Labute approximate surface area is 112 Å². The summed E-state index contributed by atoms with van der Waals surface area (Å²) in [5.41, 5.74) is 0. The number of amides is 1.